The van der Waals surface area contributed by atoms with Gasteiger partial charge in [-0.1, -0.05) is 30.7 Å². The van der Waals surface area contributed by atoms with E-state index in [1.807, 2.05) is 62.4 Å². The molecule has 0 bridgehead atoms. The number of aryl methyl sites for hydroxylation is 1. The summed E-state index contributed by atoms with van der Waals surface area (Å²) in [4.78, 5) is 11.7. The van der Waals surface area contributed by atoms with Gasteiger partial charge in [0.05, 0.1) is 0 Å². The van der Waals surface area contributed by atoms with E-state index in [9.17, 15) is 4.79 Å². The third-order valence-electron chi connectivity index (χ3n) is 3.56. The number of anilines is 1. The molecule has 2 aromatic carbocycles. The Kier molecular flexibility index (Phi) is 4.70. The molecule has 0 radical (unpaired) electrons. The third-order valence-corrected chi connectivity index (χ3v) is 3.56. The van der Waals surface area contributed by atoms with Crippen molar-refractivity contribution in [3.05, 3.63) is 54.1 Å². The van der Waals surface area contributed by atoms with Crippen molar-refractivity contribution < 1.29 is 9.21 Å². The molecule has 1 aromatic heterocycles. The first kappa shape index (κ1) is 15.9. The minimum Gasteiger partial charge on any atom is -0.416 e. The number of nitrogens with zero attached hydrogens (tertiary/aromatic N) is 2. The predicted molar refractivity (Wildman–Crippen MR) is 93.4 cm³/mol. The molecule has 0 aliphatic rings. The van der Waals surface area contributed by atoms with Crippen molar-refractivity contribution >= 4 is 11.6 Å². The molecule has 3 aromatic rings. The van der Waals surface area contributed by atoms with Crippen molar-refractivity contribution in [1.29, 1.82) is 0 Å². The van der Waals surface area contributed by atoms with Crippen molar-refractivity contribution in [2.75, 3.05) is 5.32 Å². The fraction of sp³-hybridized carbons (Fsp3) is 0.211. The monoisotopic (exact) mass is 321 g/mol. The van der Waals surface area contributed by atoms with E-state index in [-0.39, 0.29) is 5.91 Å². The average Bonchev–Trinajstić information content (AvgIpc) is 3.05. The molecule has 122 valence electrons. The Bertz CT molecular complexity index is 855. The normalized spacial score (nSPS) is 10.6. The quantitative estimate of drug-likeness (QED) is 0.754. The van der Waals surface area contributed by atoms with Crippen LogP contribution in [0.25, 0.3) is 22.9 Å². The molecule has 0 fully saturated rings. The molecule has 0 aliphatic carbocycles. The second-order valence-electron chi connectivity index (χ2n) is 5.66. The number of nitrogens with one attached hydrogen (secondary N) is 1. The zero-order valence-electron chi connectivity index (χ0n) is 13.7. The van der Waals surface area contributed by atoms with Crippen LogP contribution in [0.15, 0.2) is 52.9 Å². The summed E-state index contributed by atoms with van der Waals surface area (Å²) in [6.45, 7) is 3.99. The maximum absolute atomic E-state index is 11.7. The molecule has 0 spiro atoms. The van der Waals surface area contributed by atoms with Gasteiger partial charge in [-0.25, -0.2) is 0 Å². The highest BCUT2D eigenvalue weighted by atomic mass is 16.4. The Morgan fingerprint density at radius 2 is 1.71 bits per heavy atom. The van der Waals surface area contributed by atoms with E-state index in [1.165, 1.54) is 0 Å². The summed E-state index contributed by atoms with van der Waals surface area (Å²) in [5.74, 6) is 0.910. The molecule has 1 N–H and O–H groups in total. The number of carbonyl (C=O) groups is 1. The molecule has 0 aliphatic heterocycles. The average molecular weight is 321 g/mol. The van der Waals surface area contributed by atoms with Crippen LogP contribution in [0.4, 0.5) is 5.69 Å². The lowest BCUT2D eigenvalue weighted by Crippen LogP contribution is -2.10. The van der Waals surface area contributed by atoms with Crippen LogP contribution in [0.2, 0.25) is 0 Å². The van der Waals surface area contributed by atoms with Crippen molar-refractivity contribution in [2.45, 2.75) is 26.7 Å². The van der Waals surface area contributed by atoms with Gasteiger partial charge in [0.2, 0.25) is 17.7 Å². The van der Waals surface area contributed by atoms with Gasteiger partial charge >= 0.3 is 0 Å². The Morgan fingerprint density at radius 3 is 2.38 bits per heavy atom. The summed E-state index contributed by atoms with van der Waals surface area (Å²) in [6.07, 6.45) is 1.32. The van der Waals surface area contributed by atoms with Gasteiger partial charge < -0.3 is 9.73 Å². The summed E-state index contributed by atoms with van der Waals surface area (Å²) in [6, 6.07) is 15.3. The van der Waals surface area contributed by atoms with Gasteiger partial charge in [0.25, 0.3) is 0 Å². The van der Waals surface area contributed by atoms with Crippen molar-refractivity contribution in [2.24, 2.45) is 0 Å². The summed E-state index contributed by atoms with van der Waals surface area (Å²) in [5.41, 5.74) is 3.52. The number of rotatable bonds is 5. The van der Waals surface area contributed by atoms with Crippen LogP contribution >= 0.6 is 0 Å². The molecule has 0 unspecified atom stereocenters. The Balaban J connectivity index is 1.84. The molecule has 0 saturated heterocycles. The molecule has 5 nitrogen and oxygen atoms in total. The molecule has 0 atom stereocenters. The maximum atomic E-state index is 11.7. The molecule has 0 saturated carbocycles. The zero-order chi connectivity index (χ0) is 16.9. The highest BCUT2D eigenvalue weighted by Crippen LogP contribution is 2.26. The fourth-order valence-electron chi connectivity index (χ4n) is 2.42. The molecule has 1 amide bonds. The molecular weight excluding hydrogens is 302 g/mol. The molecule has 1 heterocycles. The van der Waals surface area contributed by atoms with E-state index < -0.39 is 0 Å². The number of carbonyl (C=O) groups excluding carboxylic acids is 1. The molecule has 5 heteroatoms. The van der Waals surface area contributed by atoms with Gasteiger partial charge in [0.1, 0.15) is 0 Å². The Labute approximate surface area is 140 Å². The van der Waals surface area contributed by atoms with Crippen LogP contribution in [0.1, 0.15) is 25.3 Å². The second kappa shape index (κ2) is 7.08. The van der Waals surface area contributed by atoms with Crippen molar-refractivity contribution in [3.63, 3.8) is 0 Å². The fourth-order valence-corrected chi connectivity index (χ4v) is 2.42. The molecule has 24 heavy (non-hydrogen) atoms. The predicted octanol–water partition coefficient (Wildman–Crippen LogP) is 4.45. The second-order valence-corrected chi connectivity index (χ2v) is 5.66. The molecular formula is C19H19N3O2. The van der Waals surface area contributed by atoms with Gasteiger partial charge in [-0.05, 0) is 43.7 Å². The number of hydrogen-bond acceptors (Lipinski definition) is 4. The van der Waals surface area contributed by atoms with E-state index in [1.54, 1.807) is 0 Å². The lowest BCUT2D eigenvalue weighted by atomic mass is 10.1. The number of amides is 1. The van der Waals surface area contributed by atoms with Crippen LogP contribution in [0.5, 0.6) is 0 Å². The van der Waals surface area contributed by atoms with E-state index in [0.29, 0.717) is 18.2 Å². The van der Waals surface area contributed by atoms with E-state index in [0.717, 1.165) is 28.8 Å². The minimum atomic E-state index is 0.000582. The first-order valence-corrected chi connectivity index (χ1v) is 7.96. The van der Waals surface area contributed by atoms with Crippen LogP contribution in [0.3, 0.4) is 0 Å². The van der Waals surface area contributed by atoms with Crippen molar-refractivity contribution in [1.82, 2.24) is 10.2 Å². The summed E-state index contributed by atoms with van der Waals surface area (Å²) >= 11 is 0. The highest BCUT2D eigenvalue weighted by Gasteiger charge is 2.11. The SMILES string of the molecule is CCCC(=O)Nc1cccc(-c2nnc(-c3cccc(C)c3)o2)c1. The van der Waals surface area contributed by atoms with Gasteiger partial charge in [-0.3, -0.25) is 4.79 Å². The first-order valence-electron chi connectivity index (χ1n) is 7.96. The maximum Gasteiger partial charge on any atom is 0.248 e. The Morgan fingerprint density at radius 1 is 1.04 bits per heavy atom. The van der Waals surface area contributed by atoms with Gasteiger partial charge in [0, 0.05) is 23.2 Å². The third kappa shape index (κ3) is 3.68. The zero-order valence-corrected chi connectivity index (χ0v) is 13.7. The van der Waals surface area contributed by atoms with E-state index >= 15 is 0 Å². The molecule has 3 rings (SSSR count). The van der Waals surface area contributed by atoms with Crippen LogP contribution in [0, 0.1) is 6.92 Å². The summed E-state index contributed by atoms with van der Waals surface area (Å²) < 4.78 is 5.78. The van der Waals surface area contributed by atoms with Crippen LogP contribution in [-0.2, 0) is 4.79 Å². The number of hydrogen-bond donors (Lipinski definition) is 1. The largest absolute Gasteiger partial charge is 0.416 e. The van der Waals surface area contributed by atoms with Crippen molar-refractivity contribution in [3.8, 4) is 22.9 Å². The summed E-state index contributed by atoms with van der Waals surface area (Å²) in [7, 11) is 0. The Hall–Kier alpha value is -2.95. The summed E-state index contributed by atoms with van der Waals surface area (Å²) in [5, 5.41) is 11.1. The minimum absolute atomic E-state index is 0.000582. The number of benzene rings is 2. The lowest BCUT2D eigenvalue weighted by Gasteiger charge is -2.05. The van der Waals surface area contributed by atoms with Crippen LogP contribution in [-0.4, -0.2) is 16.1 Å². The van der Waals surface area contributed by atoms with Gasteiger partial charge in [0.15, 0.2) is 0 Å². The van der Waals surface area contributed by atoms with Gasteiger partial charge in [-0.2, -0.15) is 0 Å². The topological polar surface area (TPSA) is 68.0 Å². The smallest absolute Gasteiger partial charge is 0.248 e. The van der Waals surface area contributed by atoms with Crippen LogP contribution < -0.4 is 5.32 Å². The highest BCUT2D eigenvalue weighted by molar-refractivity contribution is 5.91. The van der Waals surface area contributed by atoms with E-state index in [2.05, 4.69) is 15.5 Å². The van der Waals surface area contributed by atoms with E-state index in [4.69, 9.17) is 4.42 Å². The first-order chi connectivity index (χ1) is 11.7. The standard InChI is InChI=1S/C19H19N3O2/c1-3-6-17(23)20-16-10-5-9-15(12-16)19-22-21-18(24-19)14-8-4-7-13(2)11-14/h4-5,7-12H,3,6H2,1-2H3,(H,20,23). The van der Waals surface area contributed by atoms with Gasteiger partial charge in [-0.15, -0.1) is 10.2 Å². The number of aromatic nitrogens is 2. The lowest BCUT2D eigenvalue weighted by molar-refractivity contribution is -0.116.